The quantitative estimate of drug-likeness (QED) is 0.516. The highest BCUT2D eigenvalue weighted by molar-refractivity contribution is 7.21. The number of unbranched alkanes of at least 4 members (excludes halogenated alkanes) is 2. The fraction of sp³-hybridized carbons (Fsp3) is 0.278. The minimum absolute atomic E-state index is 0.222. The SMILES string of the molecule is N#Cc1c(N)n[nH]c1CCCCCNC(=O)c1sc2cc(F)ccc2c1Cl. The standard InChI is InChI=1S/C18H17ClFN5OS/c19-15-11-6-5-10(20)8-14(11)27-16(15)18(26)23-7-3-1-2-4-13-12(9-21)17(22)25-24-13/h5-6,8H,1-4,7H2,(H,23,26)(H3,22,24,25). The van der Waals surface area contributed by atoms with Crippen molar-refractivity contribution in [3.05, 3.63) is 45.2 Å². The first-order chi connectivity index (χ1) is 13.0. The summed E-state index contributed by atoms with van der Waals surface area (Å²) >= 11 is 7.43. The van der Waals surface area contributed by atoms with Crippen LogP contribution in [0.15, 0.2) is 18.2 Å². The number of H-pyrrole nitrogens is 1. The van der Waals surface area contributed by atoms with Crippen LogP contribution in [0.25, 0.3) is 10.1 Å². The zero-order valence-electron chi connectivity index (χ0n) is 14.3. The number of aromatic amines is 1. The van der Waals surface area contributed by atoms with Gasteiger partial charge in [-0.1, -0.05) is 18.0 Å². The predicted molar refractivity (Wildman–Crippen MR) is 104 cm³/mol. The van der Waals surface area contributed by atoms with E-state index < -0.39 is 0 Å². The molecule has 0 saturated heterocycles. The van der Waals surface area contributed by atoms with Gasteiger partial charge in [-0.25, -0.2) is 4.39 Å². The van der Waals surface area contributed by atoms with Gasteiger partial charge < -0.3 is 11.1 Å². The van der Waals surface area contributed by atoms with E-state index in [1.165, 1.54) is 23.5 Å². The van der Waals surface area contributed by atoms with E-state index in [4.69, 9.17) is 22.6 Å². The first-order valence-electron chi connectivity index (χ1n) is 8.39. The van der Waals surface area contributed by atoms with Gasteiger partial charge in [-0.3, -0.25) is 9.89 Å². The molecule has 2 aromatic heterocycles. The Bertz CT molecular complexity index is 1020. The molecule has 6 nitrogen and oxygen atoms in total. The van der Waals surface area contributed by atoms with Crippen molar-refractivity contribution in [1.29, 1.82) is 5.26 Å². The molecule has 0 saturated carbocycles. The number of benzene rings is 1. The first kappa shape index (κ1) is 19.1. The lowest BCUT2D eigenvalue weighted by Crippen LogP contribution is -2.23. The number of hydrogen-bond donors (Lipinski definition) is 3. The highest BCUT2D eigenvalue weighted by Gasteiger charge is 2.17. The van der Waals surface area contributed by atoms with Crippen LogP contribution < -0.4 is 11.1 Å². The van der Waals surface area contributed by atoms with Crippen molar-refractivity contribution in [2.45, 2.75) is 25.7 Å². The van der Waals surface area contributed by atoms with Gasteiger partial charge >= 0.3 is 0 Å². The molecular formula is C18H17ClFN5OS. The summed E-state index contributed by atoms with van der Waals surface area (Å²) in [5, 5.41) is 19.5. The molecule has 4 N–H and O–H groups in total. The van der Waals surface area contributed by atoms with Gasteiger partial charge in [-0.2, -0.15) is 10.4 Å². The highest BCUT2D eigenvalue weighted by atomic mass is 35.5. The molecule has 2 heterocycles. The molecule has 0 bridgehead atoms. The Morgan fingerprint density at radius 1 is 1.41 bits per heavy atom. The minimum atomic E-state index is -0.356. The molecule has 0 aliphatic heterocycles. The fourth-order valence-electron chi connectivity index (χ4n) is 2.77. The van der Waals surface area contributed by atoms with Crippen molar-refractivity contribution in [3.8, 4) is 6.07 Å². The lowest BCUT2D eigenvalue weighted by molar-refractivity contribution is 0.0957. The normalized spacial score (nSPS) is 10.9. The second kappa shape index (κ2) is 8.37. The van der Waals surface area contributed by atoms with E-state index in [1.807, 2.05) is 6.07 Å². The number of anilines is 1. The Morgan fingerprint density at radius 2 is 2.22 bits per heavy atom. The lowest BCUT2D eigenvalue weighted by atomic mass is 10.1. The van der Waals surface area contributed by atoms with Gasteiger partial charge in [0.05, 0.1) is 10.7 Å². The number of carbonyl (C=O) groups excluding carboxylic acids is 1. The van der Waals surface area contributed by atoms with E-state index in [9.17, 15) is 9.18 Å². The monoisotopic (exact) mass is 405 g/mol. The maximum Gasteiger partial charge on any atom is 0.262 e. The van der Waals surface area contributed by atoms with E-state index in [2.05, 4.69) is 15.5 Å². The number of hydrogen-bond acceptors (Lipinski definition) is 5. The number of nitrogens with one attached hydrogen (secondary N) is 2. The zero-order valence-corrected chi connectivity index (χ0v) is 15.9. The van der Waals surface area contributed by atoms with E-state index in [-0.39, 0.29) is 17.5 Å². The molecule has 27 heavy (non-hydrogen) atoms. The maximum atomic E-state index is 13.3. The topological polar surface area (TPSA) is 108 Å². The average Bonchev–Trinajstić information content (AvgIpc) is 3.17. The van der Waals surface area contributed by atoms with Crippen molar-refractivity contribution in [1.82, 2.24) is 15.5 Å². The number of nitriles is 1. The molecule has 0 aliphatic rings. The Morgan fingerprint density at radius 3 is 3.00 bits per heavy atom. The van der Waals surface area contributed by atoms with Gasteiger partial charge in [0, 0.05) is 16.6 Å². The van der Waals surface area contributed by atoms with Gasteiger partial charge in [0.15, 0.2) is 5.82 Å². The molecule has 0 atom stereocenters. The third-order valence-electron chi connectivity index (χ3n) is 4.17. The van der Waals surface area contributed by atoms with Crippen LogP contribution in [0.1, 0.15) is 40.2 Å². The zero-order chi connectivity index (χ0) is 19.4. The van der Waals surface area contributed by atoms with Crippen LogP contribution in [-0.2, 0) is 6.42 Å². The lowest BCUT2D eigenvalue weighted by Gasteiger charge is -2.04. The number of halogens is 2. The molecule has 1 aromatic carbocycles. The molecule has 140 valence electrons. The summed E-state index contributed by atoms with van der Waals surface area (Å²) < 4.78 is 14.0. The second-order valence-corrected chi connectivity index (χ2v) is 7.46. The van der Waals surface area contributed by atoms with Crippen molar-refractivity contribution in [3.63, 3.8) is 0 Å². The Balaban J connectivity index is 1.46. The van der Waals surface area contributed by atoms with Crippen LogP contribution in [0.4, 0.5) is 10.2 Å². The smallest absolute Gasteiger partial charge is 0.262 e. The largest absolute Gasteiger partial charge is 0.381 e. The van der Waals surface area contributed by atoms with E-state index in [0.717, 1.165) is 25.0 Å². The summed E-state index contributed by atoms with van der Waals surface area (Å²) in [5.74, 6) is -0.388. The van der Waals surface area contributed by atoms with Gasteiger partial charge in [0.2, 0.25) is 0 Å². The maximum absolute atomic E-state index is 13.3. The number of carbonyl (C=O) groups is 1. The van der Waals surface area contributed by atoms with Gasteiger partial charge in [-0.15, -0.1) is 11.3 Å². The molecular weight excluding hydrogens is 389 g/mol. The van der Waals surface area contributed by atoms with Gasteiger partial charge in [-0.05, 0) is 37.5 Å². The molecule has 9 heteroatoms. The molecule has 0 spiro atoms. The summed E-state index contributed by atoms with van der Waals surface area (Å²) in [6.07, 6.45) is 3.17. The number of nitrogens with zero attached hydrogens (tertiary/aromatic N) is 2. The molecule has 0 aliphatic carbocycles. The highest BCUT2D eigenvalue weighted by Crippen LogP contribution is 2.35. The Labute approximate surface area is 164 Å². The van der Waals surface area contributed by atoms with Crippen LogP contribution in [0.3, 0.4) is 0 Å². The number of nitrogens with two attached hydrogens (primary N) is 1. The van der Waals surface area contributed by atoms with Gasteiger partial charge in [0.1, 0.15) is 22.3 Å². The second-order valence-electron chi connectivity index (χ2n) is 6.03. The summed E-state index contributed by atoms with van der Waals surface area (Å²) in [4.78, 5) is 12.7. The molecule has 0 unspecified atom stereocenters. The number of aromatic nitrogens is 2. The number of amides is 1. The van der Waals surface area contributed by atoms with Crippen LogP contribution in [0, 0.1) is 17.1 Å². The van der Waals surface area contributed by atoms with Crippen molar-refractivity contribution < 1.29 is 9.18 Å². The third-order valence-corrected chi connectivity index (χ3v) is 5.82. The average molecular weight is 406 g/mol. The molecule has 3 aromatic rings. The summed E-state index contributed by atoms with van der Waals surface area (Å²) in [6.45, 7) is 0.508. The third kappa shape index (κ3) is 4.21. The fourth-order valence-corrected chi connectivity index (χ4v) is 4.23. The van der Waals surface area contributed by atoms with Crippen LogP contribution >= 0.6 is 22.9 Å². The molecule has 0 fully saturated rings. The summed E-state index contributed by atoms with van der Waals surface area (Å²) in [6, 6.07) is 6.32. The molecule has 3 rings (SSSR count). The molecule has 0 radical (unpaired) electrons. The predicted octanol–water partition coefficient (Wildman–Crippen LogP) is 4.01. The van der Waals surface area contributed by atoms with E-state index in [1.54, 1.807) is 6.07 Å². The van der Waals surface area contributed by atoms with Crippen LogP contribution in [0.2, 0.25) is 5.02 Å². The Kier molecular flexibility index (Phi) is 5.94. The van der Waals surface area contributed by atoms with Crippen LogP contribution in [0.5, 0.6) is 0 Å². The van der Waals surface area contributed by atoms with Crippen molar-refractivity contribution >= 4 is 44.7 Å². The Hall–Kier alpha value is -2.63. The van der Waals surface area contributed by atoms with Gasteiger partial charge in [0.25, 0.3) is 5.91 Å². The summed E-state index contributed by atoms with van der Waals surface area (Å²) in [5.41, 5.74) is 6.74. The number of fused-ring (bicyclic) bond motifs is 1. The van der Waals surface area contributed by atoms with Crippen molar-refractivity contribution in [2.75, 3.05) is 12.3 Å². The first-order valence-corrected chi connectivity index (χ1v) is 9.59. The minimum Gasteiger partial charge on any atom is -0.381 e. The number of thiophene rings is 1. The summed E-state index contributed by atoms with van der Waals surface area (Å²) in [7, 11) is 0. The number of rotatable bonds is 7. The van der Waals surface area contributed by atoms with E-state index >= 15 is 0 Å². The van der Waals surface area contributed by atoms with Crippen LogP contribution in [-0.4, -0.2) is 22.6 Å². The van der Waals surface area contributed by atoms with Crippen molar-refractivity contribution in [2.24, 2.45) is 0 Å². The number of nitrogen functional groups attached to an aromatic ring is 1. The number of aryl methyl sites for hydroxylation is 1. The molecule has 1 amide bonds. The van der Waals surface area contributed by atoms with E-state index in [0.29, 0.717) is 38.5 Å².